The molecule has 0 atom stereocenters. The Balaban J connectivity index is 0.00000288. The summed E-state index contributed by atoms with van der Waals surface area (Å²) < 4.78 is 12.3. The highest BCUT2D eigenvalue weighted by atomic mass is 79.9. The van der Waals surface area contributed by atoms with Crippen LogP contribution in [0.3, 0.4) is 0 Å². The second-order valence-electron chi connectivity index (χ2n) is 5.29. The van der Waals surface area contributed by atoms with Gasteiger partial charge in [-0.1, -0.05) is 19.4 Å². The maximum absolute atomic E-state index is 5.91. The molecule has 1 heterocycles. The standard InChI is InChI=1S/C18H23BrN2O2.ClH/c1-3-4-7-20-12-15-9-16(19)18(17(10-15)22-2)23-13-14-6-5-8-21-11-14;/h5-6,8-11,20H,3-4,7,12-13H2,1-2H3;1H. The highest BCUT2D eigenvalue weighted by Crippen LogP contribution is 2.37. The van der Waals surface area contributed by atoms with E-state index in [-0.39, 0.29) is 12.4 Å². The van der Waals surface area contributed by atoms with E-state index in [1.54, 1.807) is 19.5 Å². The number of hydrogen-bond acceptors (Lipinski definition) is 4. The first-order valence-electron chi connectivity index (χ1n) is 7.83. The third-order valence-electron chi connectivity index (χ3n) is 3.43. The zero-order valence-electron chi connectivity index (χ0n) is 14.0. The number of ether oxygens (including phenoxy) is 2. The molecule has 0 unspecified atom stereocenters. The zero-order valence-corrected chi connectivity index (χ0v) is 16.5. The fourth-order valence-electron chi connectivity index (χ4n) is 2.19. The summed E-state index contributed by atoms with van der Waals surface area (Å²) in [4.78, 5) is 4.09. The molecule has 6 heteroatoms. The van der Waals surface area contributed by atoms with Crippen molar-refractivity contribution in [1.29, 1.82) is 0 Å². The van der Waals surface area contributed by atoms with E-state index in [1.165, 1.54) is 18.4 Å². The Bertz CT molecular complexity index is 611. The molecular weight excluding hydrogens is 392 g/mol. The van der Waals surface area contributed by atoms with E-state index < -0.39 is 0 Å². The molecule has 2 aromatic rings. The lowest BCUT2D eigenvalue weighted by Crippen LogP contribution is -2.14. The Morgan fingerprint density at radius 1 is 1.25 bits per heavy atom. The van der Waals surface area contributed by atoms with Crippen molar-refractivity contribution in [2.45, 2.75) is 32.9 Å². The summed E-state index contributed by atoms with van der Waals surface area (Å²) in [6, 6.07) is 7.97. The Labute approximate surface area is 158 Å². The average Bonchev–Trinajstić information content (AvgIpc) is 2.58. The molecule has 0 amide bonds. The molecule has 0 aliphatic heterocycles. The zero-order chi connectivity index (χ0) is 16.5. The van der Waals surface area contributed by atoms with Crippen molar-refractivity contribution in [3.05, 3.63) is 52.3 Å². The summed E-state index contributed by atoms with van der Waals surface area (Å²) >= 11 is 3.59. The van der Waals surface area contributed by atoms with Crippen LogP contribution in [-0.4, -0.2) is 18.6 Å². The molecule has 0 radical (unpaired) electrons. The fourth-order valence-corrected chi connectivity index (χ4v) is 2.79. The van der Waals surface area contributed by atoms with Crippen LogP contribution >= 0.6 is 28.3 Å². The Morgan fingerprint density at radius 3 is 2.75 bits per heavy atom. The van der Waals surface area contributed by atoms with Crippen LogP contribution in [0.2, 0.25) is 0 Å². The van der Waals surface area contributed by atoms with Crippen molar-refractivity contribution < 1.29 is 9.47 Å². The molecule has 1 N–H and O–H groups in total. The number of methoxy groups -OCH3 is 1. The molecule has 2 rings (SSSR count). The van der Waals surface area contributed by atoms with E-state index >= 15 is 0 Å². The number of benzene rings is 1. The van der Waals surface area contributed by atoms with Crippen molar-refractivity contribution in [2.24, 2.45) is 0 Å². The van der Waals surface area contributed by atoms with E-state index in [2.05, 4.69) is 39.2 Å². The molecular formula is C18H24BrClN2O2. The highest BCUT2D eigenvalue weighted by Gasteiger charge is 2.12. The van der Waals surface area contributed by atoms with Crippen molar-refractivity contribution >= 4 is 28.3 Å². The van der Waals surface area contributed by atoms with Gasteiger partial charge in [0.1, 0.15) is 6.61 Å². The van der Waals surface area contributed by atoms with Crippen LogP contribution in [0.15, 0.2) is 41.1 Å². The number of rotatable bonds is 9. The van der Waals surface area contributed by atoms with Crippen LogP contribution in [-0.2, 0) is 13.2 Å². The molecule has 1 aromatic carbocycles. The number of nitrogens with one attached hydrogen (secondary N) is 1. The summed E-state index contributed by atoms with van der Waals surface area (Å²) in [7, 11) is 1.66. The van der Waals surface area contributed by atoms with Crippen molar-refractivity contribution in [3.63, 3.8) is 0 Å². The molecule has 1 aromatic heterocycles. The van der Waals surface area contributed by atoms with E-state index in [9.17, 15) is 0 Å². The van der Waals surface area contributed by atoms with E-state index in [0.29, 0.717) is 12.4 Å². The minimum Gasteiger partial charge on any atom is -0.493 e. The molecule has 0 saturated heterocycles. The molecule has 132 valence electrons. The number of unbranched alkanes of at least 4 members (excludes halogenated alkanes) is 1. The van der Waals surface area contributed by atoms with Crippen molar-refractivity contribution in [1.82, 2.24) is 10.3 Å². The second-order valence-corrected chi connectivity index (χ2v) is 6.14. The Hall–Kier alpha value is -1.30. The van der Waals surface area contributed by atoms with Gasteiger partial charge >= 0.3 is 0 Å². The Morgan fingerprint density at radius 2 is 2.08 bits per heavy atom. The molecule has 4 nitrogen and oxygen atoms in total. The molecule has 0 aliphatic rings. The monoisotopic (exact) mass is 414 g/mol. The van der Waals surface area contributed by atoms with E-state index in [0.717, 1.165) is 28.9 Å². The van der Waals surface area contributed by atoms with Crippen molar-refractivity contribution in [2.75, 3.05) is 13.7 Å². The lowest BCUT2D eigenvalue weighted by molar-refractivity contribution is 0.282. The fraction of sp³-hybridized carbons (Fsp3) is 0.389. The van der Waals surface area contributed by atoms with Gasteiger partial charge in [0.15, 0.2) is 11.5 Å². The molecule has 0 fully saturated rings. The lowest BCUT2D eigenvalue weighted by atomic mass is 10.2. The molecule has 0 spiro atoms. The van der Waals surface area contributed by atoms with Crippen LogP contribution < -0.4 is 14.8 Å². The summed E-state index contributed by atoms with van der Waals surface area (Å²) in [5, 5.41) is 3.43. The van der Waals surface area contributed by atoms with Gasteiger partial charge in [0, 0.05) is 24.5 Å². The molecule has 0 saturated carbocycles. The minimum absolute atomic E-state index is 0. The first-order chi connectivity index (χ1) is 11.2. The van der Waals surface area contributed by atoms with Crippen LogP contribution in [0.5, 0.6) is 11.5 Å². The highest BCUT2D eigenvalue weighted by molar-refractivity contribution is 9.10. The van der Waals surface area contributed by atoms with E-state index in [1.807, 2.05) is 18.2 Å². The third-order valence-corrected chi connectivity index (χ3v) is 4.02. The molecule has 0 aliphatic carbocycles. The summed E-state index contributed by atoms with van der Waals surface area (Å²) in [5.74, 6) is 1.45. The lowest BCUT2D eigenvalue weighted by Gasteiger charge is -2.15. The van der Waals surface area contributed by atoms with Gasteiger partial charge in [-0.05, 0) is 52.7 Å². The van der Waals surface area contributed by atoms with Crippen LogP contribution in [0.25, 0.3) is 0 Å². The smallest absolute Gasteiger partial charge is 0.175 e. The van der Waals surface area contributed by atoms with Crippen LogP contribution in [0.1, 0.15) is 30.9 Å². The van der Waals surface area contributed by atoms with E-state index in [4.69, 9.17) is 9.47 Å². The largest absolute Gasteiger partial charge is 0.493 e. The normalized spacial score (nSPS) is 10.1. The predicted molar refractivity (Wildman–Crippen MR) is 103 cm³/mol. The predicted octanol–water partition coefficient (Wildman–Crippen LogP) is 4.74. The molecule has 0 bridgehead atoms. The number of nitrogens with zero attached hydrogens (tertiary/aromatic N) is 1. The van der Waals surface area contributed by atoms with Crippen LogP contribution in [0.4, 0.5) is 0 Å². The third kappa shape index (κ3) is 6.30. The topological polar surface area (TPSA) is 43.4 Å². The van der Waals surface area contributed by atoms with Crippen molar-refractivity contribution in [3.8, 4) is 11.5 Å². The maximum atomic E-state index is 5.91. The first-order valence-corrected chi connectivity index (χ1v) is 8.62. The second kappa shape index (κ2) is 11.3. The van der Waals surface area contributed by atoms with Gasteiger partial charge in [0.25, 0.3) is 0 Å². The van der Waals surface area contributed by atoms with Gasteiger partial charge in [-0.2, -0.15) is 0 Å². The number of hydrogen-bond donors (Lipinski definition) is 1. The van der Waals surface area contributed by atoms with Gasteiger partial charge in [0.2, 0.25) is 0 Å². The first kappa shape index (κ1) is 20.7. The van der Waals surface area contributed by atoms with Gasteiger partial charge in [-0.15, -0.1) is 12.4 Å². The SMILES string of the molecule is CCCCNCc1cc(Br)c(OCc2cccnc2)c(OC)c1.Cl. The Kier molecular flexibility index (Phi) is 9.76. The maximum Gasteiger partial charge on any atom is 0.175 e. The van der Waals surface area contributed by atoms with Gasteiger partial charge in [-0.25, -0.2) is 0 Å². The summed E-state index contributed by atoms with van der Waals surface area (Å²) in [6.45, 7) is 4.49. The molecule has 24 heavy (non-hydrogen) atoms. The number of aromatic nitrogens is 1. The minimum atomic E-state index is 0. The van der Waals surface area contributed by atoms with Gasteiger partial charge in [-0.3, -0.25) is 4.98 Å². The summed E-state index contributed by atoms with van der Waals surface area (Å²) in [6.07, 6.45) is 5.93. The summed E-state index contributed by atoms with van der Waals surface area (Å²) in [5.41, 5.74) is 2.19. The number of pyridine rings is 1. The van der Waals surface area contributed by atoms with Gasteiger partial charge < -0.3 is 14.8 Å². The quantitative estimate of drug-likeness (QED) is 0.601. The van der Waals surface area contributed by atoms with Gasteiger partial charge in [0.05, 0.1) is 11.6 Å². The number of halogens is 2. The van der Waals surface area contributed by atoms with Crippen LogP contribution in [0, 0.1) is 0 Å². The average molecular weight is 416 g/mol.